The van der Waals surface area contributed by atoms with Crippen molar-refractivity contribution in [2.75, 3.05) is 0 Å². The van der Waals surface area contributed by atoms with Crippen molar-refractivity contribution in [1.29, 1.82) is 0 Å². The second-order valence-corrected chi connectivity index (χ2v) is 8.24. The molecule has 0 bridgehead atoms. The van der Waals surface area contributed by atoms with Crippen molar-refractivity contribution in [3.05, 3.63) is 55.5 Å². The van der Waals surface area contributed by atoms with Crippen LogP contribution in [-0.2, 0) is 25.7 Å². The fourth-order valence-corrected chi connectivity index (χ4v) is 5.28. The second-order valence-electron chi connectivity index (χ2n) is 6.53. The van der Waals surface area contributed by atoms with E-state index in [0.29, 0.717) is 0 Å². The molecule has 0 radical (unpaired) electrons. The molecule has 114 valence electrons. The van der Waals surface area contributed by atoms with E-state index in [9.17, 15) is 0 Å². The summed E-state index contributed by atoms with van der Waals surface area (Å²) in [5, 5.41) is 0. The summed E-state index contributed by atoms with van der Waals surface area (Å²) >= 11 is 7.71. The van der Waals surface area contributed by atoms with Gasteiger partial charge in [0.25, 0.3) is 0 Å². The molecule has 2 aliphatic rings. The minimum Gasteiger partial charge on any atom is -0.0576 e. The van der Waals surface area contributed by atoms with Gasteiger partial charge in [-0.25, -0.2) is 0 Å². The first kappa shape index (κ1) is 15.0. The zero-order valence-corrected chi connectivity index (χ0v) is 15.9. The van der Waals surface area contributed by atoms with Crippen LogP contribution in [0, 0.1) is 0 Å². The van der Waals surface area contributed by atoms with Gasteiger partial charge in [-0.1, -0.05) is 44.0 Å². The Kier molecular flexibility index (Phi) is 4.17. The summed E-state index contributed by atoms with van der Waals surface area (Å²) < 4.78 is 2.51. The van der Waals surface area contributed by atoms with Crippen LogP contribution in [0.1, 0.15) is 47.9 Å². The maximum atomic E-state index is 3.85. The number of hydrogen-bond donors (Lipinski definition) is 0. The molecule has 2 aliphatic carbocycles. The molecule has 0 aromatic heterocycles. The SMILES string of the molecule is Brc1ccc2c(c1-c1c(Br)ccc3c1CCCC3)CCCC2. The van der Waals surface area contributed by atoms with Gasteiger partial charge in [-0.2, -0.15) is 0 Å². The standard InChI is InChI=1S/C20H20Br2/c21-17-11-9-13-5-1-3-7-15(13)19(17)20-16-8-4-2-6-14(16)10-12-18(20)22/h9-12H,1-8H2. The van der Waals surface area contributed by atoms with E-state index in [4.69, 9.17) is 0 Å². The highest BCUT2D eigenvalue weighted by molar-refractivity contribution is 9.11. The number of rotatable bonds is 1. The van der Waals surface area contributed by atoms with Crippen molar-refractivity contribution in [3.63, 3.8) is 0 Å². The Morgan fingerprint density at radius 3 is 1.41 bits per heavy atom. The molecule has 0 N–H and O–H groups in total. The molecule has 0 saturated carbocycles. The summed E-state index contributed by atoms with van der Waals surface area (Å²) in [6, 6.07) is 9.17. The molecule has 2 heteroatoms. The zero-order valence-electron chi connectivity index (χ0n) is 12.7. The monoisotopic (exact) mass is 418 g/mol. The predicted molar refractivity (Wildman–Crippen MR) is 101 cm³/mol. The number of hydrogen-bond acceptors (Lipinski definition) is 0. The first-order chi connectivity index (χ1) is 10.8. The molecule has 2 aromatic rings. The molecule has 2 aromatic carbocycles. The Hall–Kier alpha value is -0.600. The summed E-state index contributed by atoms with van der Waals surface area (Å²) in [6.45, 7) is 0. The van der Waals surface area contributed by atoms with E-state index in [0.717, 1.165) is 0 Å². The molecule has 0 fully saturated rings. The van der Waals surface area contributed by atoms with E-state index < -0.39 is 0 Å². The van der Waals surface area contributed by atoms with Gasteiger partial charge in [-0.15, -0.1) is 0 Å². The molecule has 4 rings (SSSR count). The van der Waals surface area contributed by atoms with Crippen molar-refractivity contribution in [2.45, 2.75) is 51.4 Å². The maximum absolute atomic E-state index is 3.85. The lowest BCUT2D eigenvalue weighted by Gasteiger charge is -2.26. The van der Waals surface area contributed by atoms with E-state index in [1.54, 1.807) is 22.3 Å². The predicted octanol–water partition coefficient (Wildman–Crippen LogP) is 6.64. The number of halogens is 2. The first-order valence-corrected chi connectivity index (χ1v) is 9.95. The van der Waals surface area contributed by atoms with Crippen molar-refractivity contribution < 1.29 is 0 Å². The van der Waals surface area contributed by atoms with Gasteiger partial charge < -0.3 is 0 Å². The van der Waals surface area contributed by atoms with Crippen LogP contribution >= 0.6 is 31.9 Å². The molecule has 22 heavy (non-hydrogen) atoms. The summed E-state index contributed by atoms with van der Waals surface area (Å²) in [5.41, 5.74) is 9.21. The molecule has 0 unspecified atom stereocenters. The Morgan fingerprint density at radius 1 is 0.545 bits per heavy atom. The van der Waals surface area contributed by atoms with Gasteiger partial charge in [-0.05, 0) is 85.8 Å². The smallest absolute Gasteiger partial charge is 0.0257 e. The van der Waals surface area contributed by atoms with Crippen LogP contribution in [-0.4, -0.2) is 0 Å². The minimum absolute atomic E-state index is 1.22. The summed E-state index contributed by atoms with van der Waals surface area (Å²) in [4.78, 5) is 0. The van der Waals surface area contributed by atoms with Gasteiger partial charge in [0.2, 0.25) is 0 Å². The summed E-state index contributed by atoms with van der Waals surface area (Å²) in [6.07, 6.45) is 10.2. The molecule has 0 atom stereocenters. The van der Waals surface area contributed by atoms with Gasteiger partial charge in [-0.3, -0.25) is 0 Å². The molecule has 0 saturated heterocycles. The van der Waals surface area contributed by atoms with Gasteiger partial charge in [0.05, 0.1) is 0 Å². The lowest BCUT2D eigenvalue weighted by atomic mass is 9.81. The van der Waals surface area contributed by atoms with Gasteiger partial charge >= 0.3 is 0 Å². The van der Waals surface area contributed by atoms with Crippen LogP contribution in [0.3, 0.4) is 0 Å². The van der Waals surface area contributed by atoms with Crippen molar-refractivity contribution >= 4 is 31.9 Å². The Balaban J connectivity index is 2.00. The molecule has 0 aliphatic heterocycles. The maximum Gasteiger partial charge on any atom is 0.0257 e. The Bertz CT molecular complexity index is 667. The average Bonchev–Trinajstić information content (AvgIpc) is 2.56. The highest BCUT2D eigenvalue weighted by Gasteiger charge is 2.23. The van der Waals surface area contributed by atoms with Crippen LogP contribution < -0.4 is 0 Å². The molecular formula is C20H20Br2. The second kappa shape index (κ2) is 6.13. The van der Waals surface area contributed by atoms with Crippen molar-refractivity contribution in [2.24, 2.45) is 0 Å². The molecule has 0 amide bonds. The largest absolute Gasteiger partial charge is 0.0576 e. The van der Waals surface area contributed by atoms with Crippen molar-refractivity contribution in [3.8, 4) is 11.1 Å². The number of fused-ring (bicyclic) bond motifs is 2. The highest BCUT2D eigenvalue weighted by atomic mass is 79.9. The first-order valence-electron chi connectivity index (χ1n) is 8.36. The number of benzene rings is 2. The zero-order chi connectivity index (χ0) is 15.1. The molecular weight excluding hydrogens is 400 g/mol. The minimum atomic E-state index is 1.22. The third-order valence-electron chi connectivity index (χ3n) is 5.21. The van der Waals surface area contributed by atoms with Gasteiger partial charge in [0, 0.05) is 20.1 Å². The summed E-state index contributed by atoms with van der Waals surface area (Å²) in [5.74, 6) is 0. The molecule has 0 heterocycles. The van der Waals surface area contributed by atoms with E-state index in [1.807, 2.05) is 0 Å². The lowest BCUT2D eigenvalue weighted by Crippen LogP contribution is -2.09. The van der Waals surface area contributed by atoms with E-state index in [1.165, 1.54) is 71.4 Å². The van der Waals surface area contributed by atoms with Crippen molar-refractivity contribution in [1.82, 2.24) is 0 Å². The average molecular weight is 420 g/mol. The fourth-order valence-electron chi connectivity index (χ4n) is 4.14. The van der Waals surface area contributed by atoms with E-state index in [-0.39, 0.29) is 0 Å². The van der Waals surface area contributed by atoms with Crippen LogP contribution in [0.4, 0.5) is 0 Å². The topological polar surface area (TPSA) is 0 Å². The summed E-state index contributed by atoms with van der Waals surface area (Å²) in [7, 11) is 0. The van der Waals surface area contributed by atoms with Crippen LogP contribution in [0.15, 0.2) is 33.2 Å². The van der Waals surface area contributed by atoms with E-state index >= 15 is 0 Å². The van der Waals surface area contributed by atoms with Crippen LogP contribution in [0.25, 0.3) is 11.1 Å². The van der Waals surface area contributed by atoms with Gasteiger partial charge in [0.15, 0.2) is 0 Å². The molecule has 0 nitrogen and oxygen atoms in total. The van der Waals surface area contributed by atoms with E-state index in [2.05, 4.69) is 56.1 Å². The Labute approximate surface area is 149 Å². The Morgan fingerprint density at radius 2 is 0.955 bits per heavy atom. The quantitative estimate of drug-likeness (QED) is 0.486. The van der Waals surface area contributed by atoms with Crippen LogP contribution in [0.5, 0.6) is 0 Å². The third kappa shape index (κ3) is 2.49. The number of aryl methyl sites for hydroxylation is 2. The third-order valence-corrected chi connectivity index (χ3v) is 6.54. The van der Waals surface area contributed by atoms with Crippen LogP contribution in [0.2, 0.25) is 0 Å². The highest BCUT2D eigenvalue weighted by Crippen LogP contribution is 2.44. The fraction of sp³-hybridized carbons (Fsp3) is 0.400. The molecule has 0 spiro atoms. The normalized spacial score (nSPS) is 17.0. The van der Waals surface area contributed by atoms with Gasteiger partial charge in [0.1, 0.15) is 0 Å². The lowest BCUT2D eigenvalue weighted by molar-refractivity contribution is 0.681.